The molecule has 2 aromatic carbocycles. The fourth-order valence-electron chi connectivity index (χ4n) is 1.99. The van der Waals surface area contributed by atoms with Crippen LogP contribution in [0.3, 0.4) is 0 Å². The number of primary amides is 1. The number of carbonyl (C=O) groups is 1. The van der Waals surface area contributed by atoms with Crippen LogP contribution in [0.4, 0.5) is 18.0 Å². The largest absolute Gasteiger partial charge is 0.417 e. The van der Waals surface area contributed by atoms with Crippen LogP contribution in [0.1, 0.15) is 11.1 Å². The van der Waals surface area contributed by atoms with E-state index in [1.807, 2.05) is 5.43 Å². The lowest BCUT2D eigenvalue weighted by Crippen LogP contribution is -2.24. The van der Waals surface area contributed by atoms with Gasteiger partial charge in [-0.05, 0) is 17.2 Å². The van der Waals surface area contributed by atoms with Gasteiger partial charge in [-0.1, -0.05) is 42.5 Å². The van der Waals surface area contributed by atoms with Crippen LogP contribution in [0.25, 0.3) is 11.1 Å². The maximum absolute atomic E-state index is 13.1. The minimum atomic E-state index is -4.47. The van der Waals surface area contributed by atoms with Crippen molar-refractivity contribution in [3.8, 4) is 11.1 Å². The van der Waals surface area contributed by atoms with E-state index in [0.29, 0.717) is 11.1 Å². The molecule has 0 aliphatic carbocycles. The second-order valence-electron chi connectivity index (χ2n) is 4.36. The van der Waals surface area contributed by atoms with Crippen molar-refractivity contribution in [3.63, 3.8) is 0 Å². The minimum Gasteiger partial charge on any atom is -0.350 e. The Kier molecular flexibility index (Phi) is 4.45. The van der Waals surface area contributed by atoms with Crippen molar-refractivity contribution in [3.05, 3.63) is 59.7 Å². The minimum absolute atomic E-state index is 0.0381. The third-order valence-corrected chi connectivity index (χ3v) is 2.86. The van der Waals surface area contributed by atoms with Crippen LogP contribution >= 0.6 is 0 Å². The van der Waals surface area contributed by atoms with Crippen LogP contribution in [0, 0.1) is 0 Å². The van der Waals surface area contributed by atoms with Crippen LogP contribution in [0.5, 0.6) is 0 Å². The van der Waals surface area contributed by atoms with Gasteiger partial charge in [0.15, 0.2) is 0 Å². The lowest BCUT2D eigenvalue weighted by atomic mass is 9.95. The van der Waals surface area contributed by atoms with Gasteiger partial charge in [-0.3, -0.25) is 0 Å². The Morgan fingerprint density at radius 1 is 1.05 bits per heavy atom. The van der Waals surface area contributed by atoms with Crippen molar-refractivity contribution < 1.29 is 18.0 Å². The second-order valence-corrected chi connectivity index (χ2v) is 4.36. The van der Waals surface area contributed by atoms with E-state index in [2.05, 4.69) is 5.10 Å². The Bertz CT molecular complexity index is 711. The number of hydrogen-bond acceptors (Lipinski definition) is 2. The Balaban J connectivity index is 2.51. The molecule has 0 bridgehead atoms. The molecule has 0 fully saturated rings. The fourth-order valence-corrected chi connectivity index (χ4v) is 1.99. The summed E-state index contributed by atoms with van der Waals surface area (Å²) in [7, 11) is 0. The summed E-state index contributed by atoms with van der Waals surface area (Å²) in [4.78, 5) is 10.6. The standard InChI is InChI=1S/C15H12F3N3O/c16-15(17,18)13-8-4-3-7-12(13)11-6-2-1-5-10(11)9-20-21-14(19)22/h1-9H,(H3,19,21,22). The molecule has 0 aliphatic rings. The van der Waals surface area contributed by atoms with E-state index in [9.17, 15) is 18.0 Å². The quantitative estimate of drug-likeness (QED) is 0.662. The summed E-state index contributed by atoms with van der Waals surface area (Å²) in [5.41, 5.74) is 6.96. The first-order valence-electron chi connectivity index (χ1n) is 6.23. The number of hydrogen-bond donors (Lipinski definition) is 2. The second kappa shape index (κ2) is 6.30. The van der Waals surface area contributed by atoms with Gasteiger partial charge in [-0.2, -0.15) is 18.3 Å². The van der Waals surface area contributed by atoms with Gasteiger partial charge in [0.2, 0.25) is 0 Å². The SMILES string of the molecule is NC(=O)NN=Cc1ccccc1-c1ccccc1C(F)(F)F. The molecule has 0 unspecified atom stereocenters. The van der Waals surface area contributed by atoms with Crippen LogP contribution in [-0.4, -0.2) is 12.2 Å². The molecule has 0 saturated carbocycles. The smallest absolute Gasteiger partial charge is 0.350 e. The van der Waals surface area contributed by atoms with E-state index in [0.717, 1.165) is 6.07 Å². The number of carbonyl (C=O) groups excluding carboxylic acids is 1. The first kappa shape index (κ1) is 15.6. The molecule has 2 aromatic rings. The average Bonchev–Trinajstić information content (AvgIpc) is 2.46. The van der Waals surface area contributed by atoms with Gasteiger partial charge < -0.3 is 5.73 Å². The van der Waals surface area contributed by atoms with Crippen LogP contribution in [0.15, 0.2) is 53.6 Å². The summed E-state index contributed by atoms with van der Waals surface area (Å²) in [5.74, 6) is 0. The van der Waals surface area contributed by atoms with Gasteiger partial charge in [0.25, 0.3) is 0 Å². The van der Waals surface area contributed by atoms with E-state index < -0.39 is 17.8 Å². The van der Waals surface area contributed by atoms with E-state index in [1.165, 1.54) is 24.4 Å². The first-order valence-corrected chi connectivity index (χ1v) is 6.23. The number of hydrazone groups is 1. The number of amides is 2. The summed E-state index contributed by atoms with van der Waals surface area (Å²) < 4.78 is 39.3. The molecular formula is C15H12F3N3O. The first-order chi connectivity index (χ1) is 10.4. The normalized spacial score (nSPS) is 11.6. The molecule has 0 spiro atoms. The van der Waals surface area contributed by atoms with Gasteiger partial charge in [0.1, 0.15) is 0 Å². The van der Waals surface area contributed by atoms with Crippen LogP contribution < -0.4 is 11.2 Å². The van der Waals surface area contributed by atoms with Crippen molar-refractivity contribution in [2.24, 2.45) is 10.8 Å². The maximum Gasteiger partial charge on any atom is 0.417 e. The highest BCUT2D eigenvalue weighted by Crippen LogP contribution is 2.37. The zero-order valence-electron chi connectivity index (χ0n) is 11.3. The Morgan fingerprint density at radius 2 is 1.64 bits per heavy atom. The number of rotatable bonds is 3. The van der Waals surface area contributed by atoms with Crippen molar-refractivity contribution >= 4 is 12.2 Å². The average molecular weight is 307 g/mol. The summed E-state index contributed by atoms with van der Waals surface area (Å²) in [6.07, 6.45) is -3.22. The van der Waals surface area contributed by atoms with Gasteiger partial charge in [-0.15, -0.1) is 0 Å². The Hall–Kier alpha value is -2.83. The molecule has 0 radical (unpaired) electrons. The lowest BCUT2D eigenvalue weighted by Gasteiger charge is -2.14. The molecule has 22 heavy (non-hydrogen) atoms. The predicted octanol–water partition coefficient (Wildman–Crippen LogP) is 3.37. The van der Waals surface area contributed by atoms with Gasteiger partial charge >= 0.3 is 12.2 Å². The molecule has 0 aliphatic heterocycles. The highest BCUT2D eigenvalue weighted by molar-refractivity contribution is 5.91. The lowest BCUT2D eigenvalue weighted by molar-refractivity contribution is -0.137. The van der Waals surface area contributed by atoms with E-state index in [4.69, 9.17) is 5.73 Å². The third-order valence-electron chi connectivity index (χ3n) is 2.86. The summed E-state index contributed by atoms with van der Waals surface area (Å²) in [5, 5.41) is 3.59. The molecule has 114 valence electrons. The molecule has 3 N–H and O–H groups in total. The van der Waals surface area contributed by atoms with E-state index in [-0.39, 0.29) is 5.56 Å². The number of urea groups is 1. The van der Waals surface area contributed by atoms with Crippen LogP contribution in [0.2, 0.25) is 0 Å². The molecule has 4 nitrogen and oxygen atoms in total. The van der Waals surface area contributed by atoms with Gasteiger partial charge in [0, 0.05) is 5.56 Å². The van der Waals surface area contributed by atoms with Crippen molar-refractivity contribution in [1.29, 1.82) is 0 Å². The number of nitrogens with zero attached hydrogens (tertiary/aromatic N) is 1. The van der Waals surface area contributed by atoms with Crippen molar-refractivity contribution in [2.45, 2.75) is 6.18 Å². The molecule has 0 aromatic heterocycles. The summed E-state index contributed by atoms with van der Waals surface area (Å²) >= 11 is 0. The van der Waals surface area contributed by atoms with Gasteiger partial charge in [-0.25, -0.2) is 10.2 Å². The summed E-state index contributed by atoms with van der Waals surface area (Å²) in [6.45, 7) is 0. The van der Waals surface area contributed by atoms with Gasteiger partial charge in [0.05, 0.1) is 11.8 Å². The molecule has 7 heteroatoms. The zero-order chi connectivity index (χ0) is 16.2. The van der Waals surface area contributed by atoms with E-state index >= 15 is 0 Å². The molecule has 0 heterocycles. The maximum atomic E-state index is 13.1. The molecule has 0 atom stereocenters. The number of nitrogens with one attached hydrogen (secondary N) is 1. The summed E-state index contributed by atoms with van der Waals surface area (Å²) in [6, 6.07) is 10.8. The molecule has 2 rings (SSSR count). The monoisotopic (exact) mass is 307 g/mol. The van der Waals surface area contributed by atoms with Crippen molar-refractivity contribution in [1.82, 2.24) is 5.43 Å². The number of benzene rings is 2. The number of alkyl halides is 3. The Labute approximate surface area is 124 Å². The fraction of sp³-hybridized carbons (Fsp3) is 0.0667. The van der Waals surface area contributed by atoms with Crippen LogP contribution in [-0.2, 0) is 6.18 Å². The Morgan fingerprint density at radius 3 is 2.27 bits per heavy atom. The molecular weight excluding hydrogens is 295 g/mol. The van der Waals surface area contributed by atoms with E-state index in [1.54, 1.807) is 24.3 Å². The highest BCUT2D eigenvalue weighted by atomic mass is 19.4. The topological polar surface area (TPSA) is 67.5 Å². The predicted molar refractivity (Wildman–Crippen MR) is 77.2 cm³/mol. The van der Waals surface area contributed by atoms with Crippen molar-refractivity contribution in [2.75, 3.05) is 0 Å². The molecule has 2 amide bonds. The molecule has 0 saturated heterocycles. The number of halogens is 3. The number of nitrogens with two attached hydrogens (primary N) is 1. The third kappa shape index (κ3) is 3.63. The highest BCUT2D eigenvalue weighted by Gasteiger charge is 2.33. The zero-order valence-corrected chi connectivity index (χ0v) is 11.3.